The molecule has 0 N–H and O–H groups in total. The summed E-state index contributed by atoms with van der Waals surface area (Å²) >= 11 is 6.04. The highest BCUT2D eigenvalue weighted by Gasteiger charge is 2.19. The van der Waals surface area contributed by atoms with Crippen LogP contribution >= 0.6 is 11.6 Å². The van der Waals surface area contributed by atoms with Gasteiger partial charge in [0.15, 0.2) is 5.82 Å². The molecule has 5 rings (SSSR count). The minimum Gasteiger partial charge on any atom is -0.494 e. The van der Waals surface area contributed by atoms with E-state index < -0.39 is 11.6 Å². The lowest BCUT2D eigenvalue weighted by molar-refractivity contribution is 0.340. The van der Waals surface area contributed by atoms with Crippen LogP contribution < -0.4 is 4.74 Å². The van der Waals surface area contributed by atoms with Gasteiger partial charge in [-0.1, -0.05) is 11.6 Å². The Balaban J connectivity index is 1.83. The maximum Gasteiger partial charge on any atom is 0.152 e. The monoisotopic (exact) mass is 435 g/mol. The predicted molar refractivity (Wildman–Crippen MR) is 118 cm³/mol. The molecule has 2 aromatic heterocycles. The maximum absolute atomic E-state index is 14.4. The van der Waals surface area contributed by atoms with Crippen LogP contribution in [-0.2, 0) is 0 Å². The molecule has 154 valence electrons. The quantitative estimate of drug-likeness (QED) is 0.320. The Morgan fingerprint density at radius 3 is 2.42 bits per heavy atom. The molecular formula is C24H16ClF2N3O. The van der Waals surface area contributed by atoms with Crippen LogP contribution in [0.25, 0.3) is 38.8 Å². The van der Waals surface area contributed by atoms with E-state index in [-0.39, 0.29) is 5.52 Å². The smallest absolute Gasteiger partial charge is 0.152 e. The van der Waals surface area contributed by atoms with Crippen LogP contribution in [0, 0.1) is 11.6 Å². The summed E-state index contributed by atoms with van der Waals surface area (Å²) in [6.45, 7) is 2.49. The third-order valence-electron chi connectivity index (χ3n) is 5.04. The van der Waals surface area contributed by atoms with Gasteiger partial charge in [-0.2, -0.15) is 5.10 Å². The second-order valence-electron chi connectivity index (χ2n) is 7.00. The molecule has 0 bridgehead atoms. The molecule has 0 saturated carbocycles. The van der Waals surface area contributed by atoms with Crippen molar-refractivity contribution in [2.75, 3.05) is 6.61 Å². The van der Waals surface area contributed by atoms with Gasteiger partial charge in [0.05, 0.1) is 17.8 Å². The Kier molecular flexibility index (Phi) is 4.79. The van der Waals surface area contributed by atoms with E-state index >= 15 is 0 Å². The Labute approximate surface area is 181 Å². The molecule has 31 heavy (non-hydrogen) atoms. The fourth-order valence-corrected chi connectivity index (χ4v) is 3.80. The molecule has 0 spiro atoms. The lowest BCUT2D eigenvalue weighted by atomic mass is 10.1. The van der Waals surface area contributed by atoms with Gasteiger partial charge in [-0.3, -0.25) is 4.98 Å². The van der Waals surface area contributed by atoms with Crippen LogP contribution in [0.5, 0.6) is 5.75 Å². The van der Waals surface area contributed by atoms with Gasteiger partial charge in [0.2, 0.25) is 0 Å². The summed E-state index contributed by atoms with van der Waals surface area (Å²) in [5.74, 6) is -0.644. The lowest BCUT2D eigenvalue weighted by Crippen LogP contribution is -1.98. The maximum atomic E-state index is 14.4. The summed E-state index contributed by atoms with van der Waals surface area (Å²) in [4.78, 5) is 4.26. The highest BCUT2D eigenvalue weighted by molar-refractivity contribution is 6.30. The summed E-state index contributed by atoms with van der Waals surface area (Å²) in [6.07, 6.45) is 1.57. The van der Waals surface area contributed by atoms with E-state index in [1.807, 2.05) is 31.2 Å². The van der Waals surface area contributed by atoms with Crippen LogP contribution in [-0.4, -0.2) is 21.4 Å². The number of hydrogen-bond donors (Lipinski definition) is 0. The van der Waals surface area contributed by atoms with Crippen LogP contribution in [0.1, 0.15) is 6.92 Å². The van der Waals surface area contributed by atoms with Gasteiger partial charge in [-0.05, 0) is 61.5 Å². The third-order valence-corrected chi connectivity index (χ3v) is 5.29. The Morgan fingerprint density at radius 1 is 0.968 bits per heavy atom. The molecule has 0 atom stereocenters. The molecule has 0 saturated heterocycles. The standard InChI is InChI=1S/C24H16ClF2N3O/c1-2-31-18-9-3-14(4-10-18)22-20-13-28-23-19(11-16(26)12-21(23)27)24(20)30(29-22)17-7-5-15(25)6-8-17/h3-13H,2H2,1H3. The summed E-state index contributed by atoms with van der Waals surface area (Å²) in [6, 6.07) is 16.7. The number of benzene rings is 3. The molecule has 0 unspecified atom stereocenters. The van der Waals surface area contributed by atoms with Crippen LogP contribution in [0.3, 0.4) is 0 Å². The summed E-state index contributed by atoms with van der Waals surface area (Å²) in [5, 5.41) is 6.39. The fourth-order valence-electron chi connectivity index (χ4n) is 3.68. The zero-order chi connectivity index (χ0) is 21.5. The molecule has 2 heterocycles. The van der Waals surface area contributed by atoms with Gasteiger partial charge in [0.1, 0.15) is 22.8 Å². The predicted octanol–water partition coefficient (Wildman–Crippen LogP) is 6.57. The van der Waals surface area contributed by atoms with E-state index in [2.05, 4.69) is 4.98 Å². The molecule has 0 aliphatic rings. The van der Waals surface area contributed by atoms with Crippen molar-refractivity contribution in [3.8, 4) is 22.7 Å². The first-order chi connectivity index (χ1) is 15.0. The van der Waals surface area contributed by atoms with Crippen molar-refractivity contribution in [1.29, 1.82) is 0 Å². The zero-order valence-corrected chi connectivity index (χ0v) is 17.2. The van der Waals surface area contributed by atoms with Gasteiger partial charge >= 0.3 is 0 Å². The summed E-state index contributed by atoms with van der Waals surface area (Å²) in [7, 11) is 0. The first kappa shape index (κ1) is 19.5. The number of nitrogens with zero attached hydrogens (tertiary/aromatic N) is 3. The number of rotatable bonds is 4. The van der Waals surface area contributed by atoms with Crippen molar-refractivity contribution in [3.05, 3.63) is 83.5 Å². The molecule has 5 aromatic rings. The minimum atomic E-state index is -0.719. The molecule has 0 amide bonds. The average molecular weight is 436 g/mol. The van der Waals surface area contributed by atoms with E-state index in [1.165, 1.54) is 6.07 Å². The van der Waals surface area contributed by atoms with Gasteiger partial charge in [-0.15, -0.1) is 0 Å². The van der Waals surface area contributed by atoms with Crippen molar-refractivity contribution >= 4 is 33.4 Å². The average Bonchev–Trinajstić information content (AvgIpc) is 3.15. The van der Waals surface area contributed by atoms with E-state index in [1.54, 1.807) is 35.1 Å². The van der Waals surface area contributed by atoms with Gasteiger partial charge < -0.3 is 4.74 Å². The number of pyridine rings is 1. The number of hydrogen-bond acceptors (Lipinski definition) is 3. The van der Waals surface area contributed by atoms with Gasteiger partial charge in [-0.25, -0.2) is 13.5 Å². The highest BCUT2D eigenvalue weighted by Crippen LogP contribution is 2.35. The van der Waals surface area contributed by atoms with Crippen molar-refractivity contribution in [1.82, 2.24) is 14.8 Å². The second-order valence-corrected chi connectivity index (χ2v) is 7.43. The van der Waals surface area contributed by atoms with Crippen molar-refractivity contribution in [2.24, 2.45) is 0 Å². The SMILES string of the molecule is CCOc1ccc(-c2nn(-c3ccc(Cl)cc3)c3c2cnc2c(F)cc(F)cc23)cc1. The zero-order valence-electron chi connectivity index (χ0n) is 16.4. The minimum absolute atomic E-state index is 0.0854. The molecule has 0 aliphatic heterocycles. The Morgan fingerprint density at radius 2 is 1.71 bits per heavy atom. The van der Waals surface area contributed by atoms with Crippen molar-refractivity contribution < 1.29 is 13.5 Å². The molecule has 0 fully saturated rings. The number of fused-ring (bicyclic) bond motifs is 3. The second kappa shape index (κ2) is 7.63. The summed E-state index contributed by atoms with van der Waals surface area (Å²) in [5.41, 5.74) is 2.84. The molecule has 0 aliphatic carbocycles. The largest absolute Gasteiger partial charge is 0.494 e. The van der Waals surface area contributed by atoms with Crippen LogP contribution in [0.15, 0.2) is 66.9 Å². The molecule has 7 heteroatoms. The first-order valence-corrected chi connectivity index (χ1v) is 10.1. The van der Waals surface area contributed by atoms with E-state index in [9.17, 15) is 8.78 Å². The fraction of sp³-hybridized carbons (Fsp3) is 0.0833. The lowest BCUT2D eigenvalue weighted by Gasteiger charge is -2.07. The van der Waals surface area contributed by atoms with E-state index in [0.29, 0.717) is 39.3 Å². The highest BCUT2D eigenvalue weighted by atomic mass is 35.5. The number of ether oxygens (including phenoxy) is 1. The Hall–Kier alpha value is -3.51. The molecule has 0 radical (unpaired) electrons. The normalized spacial score (nSPS) is 11.4. The van der Waals surface area contributed by atoms with E-state index in [0.717, 1.165) is 17.4 Å². The van der Waals surface area contributed by atoms with Gasteiger partial charge in [0.25, 0.3) is 0 Å². The van der Waals surface area contributed by atoms with Crippen molar-refractivity contribution in [3.63, 3.8) is 0 Å². The molecule has 3 aromatic carbocycles. The van der Waals surface area contributed by atoms with Crippen LogP contribution in [0.2, 0.25) is 5.02 Å². The summed E-state index contributed by atoms with van der Waals surface area (Å²) < 4.78 is 35.8. The van der Waals surface area contributed by atoms with Gasteiger partial charge in [0, 0.05) is 33.6 Å². The van der Waals surface area contributed by atoms with E-state index in [4.69, 9.17) is 21.4 Å². The third kappa shape index (κ3) is 3.39. The topological polar surface area (TPSA) is 39.9 Å². The van der Waals surface area contributed by atoms with Crippen molar-refractivity contribution in [2.45, 2.75) is 6.92 Å². The first-order valence-electron chi connectivity index (χ1n) is 9.71. The molecular weight excluding hydrogens is 420 g/mol. The molecule has 4 nitrogen and oxygen atoms in total. The Bertz CT molecular complexity index is 1410. The number of halogens is 3. The van der Waals surface area contributed by atoms with Crippen LogP contribution in [0.4, 0.5) is 8.78 Å². The number of aromatic nitrogens is 3.